The van der Waals surface area contributed by atoms with Gasteiger partial charge in [0.05, 0.1) is 29.7 Å². The minimum atomic E-state index is -0.632. The fraction of sp³-hybridized carbons (Fsp3) is 0.190. The lowest BCUT2D eigenvalue weighted by atomic mass is 10.1. The number of aromatic nitrogens is 2. The molecule has 0 bridgehead atoms. The van der Waals surface area contributed by atoms with Crippen LogP contribution in [-0.2, 0) is 4.79 Å². The van der Waals surface area contributed by atoms with Crippen LogP contribution in [0.25, 0.3) is 16.9 Å². The maximum absolute atomic E-state index is 14.3. The van der Waals surface area contributed by atoms with Gasteiger partial charge in [-0.25, -0.2) is 13.5 Å². The molecule has 0 unspecified atom stereocenters. The van der Waals surface area contributed by atoms with E-state index in [9.17, 15) is 18.4 Å². The molecular weight excluding hydrogens is 446 g/mol. The first-order chi connectivity index (χ1) is 15.4. The first-order valence-electron chi connectivity index (χ1n) is 9.52. The van der Waals surface area contributed by atoms with E-state index < -0.39 is 17.5 Å². The first-order valence-corrected chi connectivity index (χ1v) is 9.89. The molecule has 1 aromatic heterocycles. The van der Waals surface area contributed by atoms with Gasteiger partial charge in [0.2, 0.25) is 5.91 Å². The van der Waals surface area contributed by atoms with Crippen molar-refractivity contribution in [1.29, 1.82) is 0 Å². The van der Waals surface area contributed by atoms with Crippen molar-refractivity contribution in [1.82, 2.24) is 20.0 Å². The molecule has 0 spiro atoms. The van der Waals surface area contributed by atoms with E-state index in [0.717, 1.165) is 12.1 Å². The van der Waals surface area contributed by atoms with Gasteiger partial charge >= 0.3 is 0 Å². The van der Waals surface area contributed by atoms with Gasteiger partial charge in [-0.05, 0) is 36.4 Å². The summed E-state index contributed by atoms with van der Waals surface area (Å²) in [5.41, 5.74) is 0.964. The zero-order chi connectivity index (χ0) is 22.8. The predicted octanol–water partition coefficient (Wildman–Crippen LogP) is 2.37. The molecule has 1 aliphatic rings. The van der Waals surface area contributed by atoms with Crippen molar-refractivity contribution in [3.63, 3.8) is 0 Å². The van der Waals surface area contributed by atoms with Crippen molar-refractivity contribution < 1.29 is 28.2 Å². The van der Waals surface area contributed by atoms with Crippen LogP contribution in [0.15, 0.2) is 42.5 Å². The minimum Gasteiger partial charge on any atom is -0.491 e. The highest BCUT2D eigenvalue weighted by atomic mass is 35.5. The third-order valence-corrected chi connectivity index (χ3v) is 4.98. The summed E-state index contributed by atoms with van der Waals surface area (Å²) in [4.78, 5) is 25.6. The lowest BCUT2D eigenvalue weighted by Gasteiger charge is -2.11. The monoisotopic (exact) mass is 462 g/mol. The van der Waals surface area contributed by atoms with Crippen molar-refractivity contribution in [2.24, 2.45) is 0 Å². The largest absolute Gasteiger partial charge is 0.491 e. The predicted molar refractivity (Wildman–Crippen MR) is 111 cm³/mol. The van der Waals surface area contributed by atoms with Crippen molar-refractivity contribution in [2.45, 2.75) is 0 Å². The summed E-state index contributed by atoms with van der Waals surface area (Å²) in [6, 6.07) is 9.22. The van der Waals surface area contributed by atoms with E-state index in [2.05, 4.69) is 10.4 Å². The molecule has 0 radical (unpaired) electrons. The van der Waals surface area contributed by atoms with Crippen LogP contribution in [0, 0.1) is 11.6 Å². The average Bonchev–Trinajstić information content (AvgIpc) is 3.40. The molecule has 1 saturated heterocycles. The second-order valence-corrected chi connectivity index (χ2v) is 7.34. The normalized spacial score (nSPS) is 13.4. The fourth-order valence-electron chi connectivity index (χ4n) is 3.24. The zero-order valence-electron chi connectivity index (χ0n) is 16.5. The number of carbonyl (C=O) groups excluding carboxylic acids is 2. The van der Waals surface area contributed by atoms with E-state index in [1.54, 1.807) is 0 Å². The Balaban J connectivity index is 1.82. The number of amides is 2. The standard InChI is InChI=1S/C21H17ClF2N4O4/c22-16-8-14(1-2-17(16)24)28-19(12-5-13(23)7-15(6-12)32-4-3-29)9-18(26-28)21(31)27-10-20(30)25-11-27/h1-2,5-9,29H,3-4,10-11H2,(H,25,30). The molecule has 2 heterocycles. The summed E-state index contributed by atoms with van der Waals surface area (Å²) in [5.74, 6) is -1.87. The topological polar surface area (TPSA) is 96.7 Å². The summed E-state index contributed by atoms with van der Waals surface area (Å²) in [6.07, 6.45) is 0. The number of rotatable bonds is 6. The second-order valence-electron chi connectivity index (χ2n) is 6.93. The number of aliphatic hydroxyl groups is 1. The Morgan fingerprint density at radius 3 is 2.72 bits per heavy atom. The van der Waals surface area contributed by atoms with Gasteiger partial charge in [0.15, 0.2) is 5.69 Å². The molecular formula is C21H17ClF2N4O4. The average molecular weight is 463 g/mol. The zero-order valence-corrected chi connectivity index (χ0v) is 17.3. The molecule has 11 heteroatoms. The summed E-state index contributed by atoms with van der Waals surface area (Å²) < 4.78 is 34.6. The van der Waals surface area contributed by atoms with E-state index in [-0.39, 0.29) is 48.8 Å². The highest BCUT2D eigenvalue weighted by molar-refractivity contribution is 6.30. The Labute approximate surface area is 186 Å². The van der Waals surface area contributed by atoms with Crippen molar-refractivity contribution in [3.8, 4) is 22.7 Å². The Morgan fingerprint density at radius 1 is 1.22 bits per heavy atom. The van der Waals surface area contributed by atoms with Crippen LogP contribution in [0.2, 0.25) is 5.02 Å². The molecule has 2 N–H and O–H groups in total. The second kappa shape index (κ2) is 8.93. The van der Waals surface area contributed by atoms with Gasteiger partial charge in [-0.15, -0.1) is 0 Å². The SMILES string of the molecule is O=C1CN(C(=O)c2cc(-c3cc(F)cc(OCCO)c3)n(-c3ccc(F)c(Cl)c3)n2)CN1. The van der Waals surface area contributed by atoms with Crippen molar-refractivity contribution in [3.05, 3.63) is 64.8 Å². The van der Waals surface area contributed by atoms with Crippen molar-refractivity contribution >= 4 is 23.4 Å². The summed E-state index contributed by atoms with van der Waals surface area (Å²) in [7, 11) is 0. The highest BCUT2D eigenvalue weighted by Crippen LogP contribution is 2.30. The molecule has 3 aromatic rings. The molecule has 2 amide bonds. The van der Waals surface area contributed by atoms with Crippen LogP contribution in [0.3, 0.4) is 0 Å². The molecule has 166 valence electrons. The smallest absolute Gasteiger partial charge is 0.276 e. The number of halogens is 3. The quantitative estimate of drug-likeness (QED) is 0.586. The number of hydrogen-bond donors (Lipinski definition) is 2. The maximum Gasteiger partial charge on any atom is 0.276 e. The number of hydrogen-bond acceptors (Lipinski definition) is 5. The van der Waals surface area contributed by atoms with Gasteiger partial charge in [0.25, 0.3) is 5.91 Å². The Hall–Kier alpha value is -3.50. The minimum absolute atomic E-state index is 0.000893. The van der Waals surface area contributed by atoms with Crippen LogP contribution in [0.5, 0.6) is 5.75 Å². The molecule has 2 aromatic carbocycles. The Bertz CT molecular complexity index is 1200. The molecule has 8 nitrogen and oxygen atoms in total. The molecule has 1 fully saturated rings. The molecule has 0 saturated carbocycles. The summed E-state index contributed by atoms with van der Waals surface area (Å²) in [6.45, 7) is -0.349. The Kier molecular flexibility index (Phi) is 6.06. The lowest BCUT2D eigenvalue weighted by molar-refractivity contribution is -0.118. The van der Waals surface area contributed by atoms with Crippen LogP contribution in [0.4, 0.5) is 8.78 Å². The number of carbonyl (C=O) groups is 2. The third-order valence-electron chi connectivity index (χ3n) is 4.69. The van der Waals surface area contributed by atoms with Gasteiger partial charge < -0.3 is 20.1 Å². The number of benzene rings is 2. The summed E-state index contributed by atoms with van der Waals surface area (Å²) in [5, 5.41) is 15.7. The molecule has 0 atom stereocenters. The van der Waals surface area contributed by atoms with E-state index in [0.29, 0.717) is 16.9 Å². The first kappa shape index (κ1) is 21.7. The fourth-order valence-corrected chi connectivity index (χ4v) is 3.41. The van der Waals surface area contributed by atoms with Gasteiger partial charge in [0, 0.05) is 11.6 Å². The van der Waals surface area contributed by atoms with Crippen LogP contribution in [0.1, 0.15) is 10.5 Å². The lowest BCUT2D eigenvalue weighted by Crippen LogP contribution is -2.30. The van der Waals surface area contributed by atoms with E-state index in [1.165, 1.54) is 39.9 Å². The van der Waals surface area contributed by atoms with Crippen molar-refractivity contribution in [2.75, 3.05) is 26.4 Å². The number of nitrogens with one attached hydrogen (secondary N) is 1. The highest BCUT2D eigenvalue weighted by Gasteiger charge is 2.27. The third kappa shape index (κ3) is 4.41. The van der Waals surface area contributed by atoms with Crippen LogP contribution < -0.4 is 10.1 Å². The molecule has 32 heavy (non-hydrogen) atoms. The molecule has 1 aliphatic heterocycles. The van der Waals surface area contributed by atoms with Gasteiger partial charge in [-0.2, -0.15) is 5.10 Å². The van der Waals surface area contributed by atoms with Gasteiger partial charge in [0.1, 0.15) is 30.5 Å². The molecule has 4 rings (SSSR count). The molecule has 0 aliphatic carbocycles. The van der Waals surface area contributed by atoms with E-state index in [4.69, 9.17) is 21.4 Å². The van der Waals surface area contributed by atoms with Crippen LogP contribution >= 0.6 is 11.6 Å². The van der Waals surface area contributed by atoms with E-state index >= 15 is 0 Å². The van der Waals surface area contributed by atoms with Crippen LogP contribution in [-0.4, -0.2) is 58.0 Å². The van der Waals surface area contributed by atoms with Gasteiger partial charge in [-0.1, -0.05) is 11.6 Å². The number of nitrogens with zero attached hydrogens (tertiary/aromatic N) is 3. The number of ether oxygens (including phenoxy) is 1. The maximum atomic E-state index is 14.3. The van der Waals surface area contributed by atoms with E-state index in [1.807, 2.05) is 0 Å². The summed E-state index contributed by atoms with van der Waals surface area (Å²) >= 11 is 5.92. The number of aliphatic hydroxyl groups excluding tert-OH is 1. The Morgan fingerprint density at radius 2 is 2.03 bits per heavy atom. The van der Waals surface area contributed by atoms with Gasteiger partial charge in [-0.3, -0.25) is 9.59 Å².